The molecule has 2 rings (SSSR count). The summed E-state index contributed by atoms with van der Waals surface area (Å²) < 4.78 is 0. The Morgan fingerprint density at radius 3 is 2.35 bits per heavy atom. The number of aliphatic hydroxyl groups is 3. The van der Waals surface area contributed by atoms with Crippen LogP contribution in [0.15, 0.2) is 24.3 Å². The largest absolute Gasteiger partial charge is 0.394 e. The number of aliphatic hydroxyl groups excluding tert-OH is 3. The molecule has 3 N–H and O–H groups in total. The van der Waals surface area contributed by atoms with Crippen LogP contribution < -0.4 is 0 Å². The Morgan fingerprint density at radius 2 is 1.94 bits per heavy atom. The molecule has 0 saturated carbocycles. The topological polar surface area (TPSA) is 63.9 Å². The Hall–Kier alpha value is -0.650. The Labute approximate surface area is 105 Å². The molecule has 1 aliphatic rings. The number of hydrogen-bond acceptors (Lipinski definition) is 4. The zero-order valence-corrected chi connectivity index (χ0v) is 10.3. The Kier molecular flexibility index (Phi) is 3.43. The van der Waals surface area contributed by atoms with Crippen molar-refractivity contribution in [2.75, 3.05) is 20.2 Å². The lowest BCUT2D eigenvalue weighted by Gasteiger charge is -2.37. The van der Waals surface area contributed by atoms with Gasteiger partial charge in [-0.2, -0.15) is 0 Å². The maximum absolute atomic E-state index is 10.1. The molecule has 1 saturated heterocycles. The van der Waals surface area contributed by atoms with Crippen molar-refractivity contribution in [3.8, 4) is 0 Å². The van der Waals surface area contributed by atoms with Crippen molar-refractivity contribution in [2.45, 2.75) is 17.7 Å². The molecule has 0 radical (unpaired) electrons. The number of nitrogens with zero attached hydrogens (tertiary/aromatic N) is 1. The van der Waals surface area contributed by atoms with E-state index < -0.39 is 17.7 Å². The van der Waals surface area contributed by atoms with Crippen molar-refractivity contribution in [2.24, 2.45) is 0 Å². The lowest BCUT2D eigenvalue weighted by atomic mass is 9.85. The Bertz CT molecular complexity index is 397. The number of benzene rings is 1. The molecule has 4 nitrogen and oxygen atoms in total. The molecular weight excluding hydrogens is 242 g/mol. The molecule has 0 bridgehead atoms. The summed E-state index contributed by atoms with van der Waals surface area (Å²) in [6.07, 6.45) is -1.87. The Balaban J connectivity index is 2.47. The number of likely N-dealkylation sites (tertiary alicyclic amines) is 1. The van der Waals surface area contributed by atoms with Crippen LogP contribution in [-0.4, -0.2) is 52.6 Å². The summed E-state index contributed by atoms with van der Waals surface area (Å²) in [7, 11) is 1.77. The minimum absolute atomic E-state index is 0.261. The number of likely N-dealkylation sites (N-methyl/N-ethyl adjacent to an activating group) is 1. The van der Waals surface area contributed by atoms with E-state index in [0.29, 0.717) is 11.6 Å². The lowest BCUT2D eigenvalue weighted by molar-refractivity contribution is -0.0356. The molecule has 0 spiro atoms. The average molecular weight is 258 g/mol. The van der Waals surface area contributed by atoms with E-state index in [2.05, 4.69) is 0 Å². The van der Waals surface area contributed by atoms with Gasteiger partial charge >= 0.3 is 0 Å². The summed E-state index contributed by atoms with van der Waals surface area (Å²) in [6, 6.07) is 6.94. The average Bonchev–Trinajstić information content (AvgIpc) is 2.53. The first-order valence-corrected chi connectivity index (χ1v) is 5.84. The normalized spacial score (nSPS) is 34.2. The zero-order chi connectivity index (χ0) is 12.6. The Morgan fingerprint density at radius 1 is 1.35 bits per heavy atom. The molecule has 1 fully saturated rings. The standard InChI is InChI=1S/C12H16ClNO3/c1-14-6-10(16)11(17)12(14,7-15)8-2-4-9(13)5-3-8/h2-5,10-11,15-17H,6-7H2,1H3. The molecule has 1 aromatic carbocycles. The van der Waals surface area contributed by atoms with E-state index in [-0.39, 0.29) is 6.61 Å². The van der Waals surface area contributed by atoms with E-state index in [1.54, 1.807) is 36.2 Å². The summed E-state index contributed by atoms with van der Waals surface area (Å²) in [5.74, 6) is 0. The maximum atomic E-state index is 10.1. The highest BCUT2D eigenvalue weighted by atomic mass is 35.5. The fraction of sp³-hybridized carbons (Fsp3) is 0.500. The summed E-state index contributed by atoms with van der Waals surface area (Å²) in [4.78, 5) is 1.77. The van der Waals surface area contributed by atoms with Gasteiger partial charge in [-0.15, -0.1) is 0 Å². The van der Waals surface area contributed by atoms with Gasteiger partial charge in [0.1, 0.15) is 6.10 Å². The predicted molar refractivity (Wildman–Crippen MR) is 64.9 cm³/mol. The molecule has 94 valence electrons. The van der Waals surface area contributed by atoms with Gasteiger partial charge in [0.15, 0.2) is 0 Å². The lowest BCUT2D eigenvalue weighted by Crippen LogP contribution is -2.50. The van der Waals surface area contributed by atoms with Crippen LogP contribution in [0, 0.1) is 0 Å². The minimum Gasteiger partial charge on any atom is -0.394 e. The van der Waals surface area contributed by atoms with Crippen molar-refractivity contribution in [3.05, 3.63) is 34.9 Å². The highest BCUT2D eigenvalue weighted by molar-refractivity contribution is 6.30. The van der Waals surface area contributed by atoms with Gasteiger partial charge in [0.05, 0.1) is 18.2 Å². The fourth-order valence-electron chi connectivity index (χ4n) is 2.52. The minimum atomic E-state index is -1.02. The molecule has 3 atom stereocenters. The summed E-state index contributed by atoms with van der Waals surface area (Å²) in [6.45, 7) is 0.0632. The first-order valence-electron chi connectivity index (χ1n) is 5.46. The molecule has 1 heterocycles. The van der Waals surface area contributed by atoms with Gasteiger partial charge < -0.3 is 15.3 Å². The van der Waals surface area contributed by atoms with Crippen LogP contribution in [0.3, 0.4) is 0 Å². The summed E-state index contributed by atoms with van der Waals surface area (Å²) >= 11 is 5.82. The second-order valence-electron chi connectivity index (χ2n) is 4.48. The van der Waals surface area contributed by atoms with E-state index in [1.807, 2.05) is 0 Å². The molecule has 0 aliphatic carbocycles. The highest BCUT2D eigenvalue weighted by Gasteiger charge is 2.52. The number of β-amino-alcohol motifs (C(OH)–C–C–N with tert-alkyl or cyclic N) is 1. The second kappa shape index (κ2) is 4.55. The first kappa shape index (κ1) is 12.8. The van der Waals surface area contributed by atoms with E-state index in [0.717, 1.165) is 5.56 Å². The van der Waals surface area contributed by atoms with Gasteiger partial charge in [0.25, 0.3) is 0 Å². The SMILES string of the molecule is CN1CC(O)C(O)C1(CO)c1ccc(Cl)cc1. The highest BCUT2D eigenvalue weighted by Crippen LogP contribution is 2.38. The monoisotopic (exact) mass is 257 g/mol. The van der Waals surface area contributed by atoms with Crippen LogP contribution in [-0.2, 0) is 5.54 Å². The van der Waals surface area contributed by atoms with E-state index in [4.69, 9.17) is 11.6 Å². The molecule has 3 unspecified atom stereocenters. The van der Waals surface area contributed by atoms with E-state index in [9.17, 15) is 15.3 Å². The smallest absolute Gasteiger partial charge is 0.106 e. The molecular formula is C12H16ClNO3. The van der Waals surface area contributed by atoms with Crippen LogP contribution in [0.25, 0.3) is 0 Å². The third-order valence-electron chi connectivity index (χ3n) is 3.58. The van der Waals surface area contributed by atoms with Gasteiger partial charge in [-0.05, 0) is 24.7 Å². The zero-order valence-electron chi connectivity index (χ0n) is 9.55. The third-order valence-corrected chi connectivity index (χ3v) is 3.83. The molecule has 1 aliphatic heterocycles. The van der Waals surface area contributed by atoms with Gasteiger partial charge in [-0.3, -0.25) is 4.90 Å². The summed E-state index contributed by atoms with van der Waals surface area (Å²) in [5.41, 5.74) is -0.208. The van der Waals surface area contributed by atoms with Crippen molar-refractivity contribution in [1.29, 1.82) is 0 Å². The molecule has 17 heavy (non-hydrogen) atoms. The third kappa shape index (κ3) is 1.86. The molecule has 0 amide bonds. The van der Waals surface area contributed by atoms with Crippen LogP contribution in [0.1, 0.15) is 5.56 Å². The van der Waals surface area contributed by atoms with Gasteiger partial charge in [0, 0.05) is 11.6 Å². The molecule has 0 aromatic heterocycles. The number of halogens is 1. The van der Waals surface area contributed by atoms with Crippen LogP contribution in [0.5, 0.6) is 0 Å². The summed E-state index contributed by atoms with van der Waals surface area (Å²) in [5, 5.41) is 30.1. The van der Waals surface area contributed by atoms with E-state index >= 15 is 0 Å². The van der Waals surface area contributed by atoms with Crippen LogP contribution >= 0.6 is 11.6 Å². The van der Waals surface area contributed by atoms with Gasteiger partial charge in [0.2, 0.25) is 0 Å². The number of hydrogen-bond donors (Lipinski definition) is 3. The maximum Gasteiger partial charge on any atom is 0.106 e. The van der Waals surface area contributed by atoms with Crippen molar-refractivity contribution >= 4 is 11.6 Å². The van der Waals surface area contributed by atoms with Crippen molar-refractivity contribution < 1.29 is 15.3 Å². The number of rotatable bonds is 2. The van der Waals surface area contributed by atoms with Gasteiger partial charge in [-0.1, -0.05) is 23.7 Å². The fourth-order valence-corrected chi connectivity index (χ4v) is 2.65. The predicted octanol–water partition coefficient (Wildman–Crippen LogP) is 0.195. The quantitative estimate of drug-likeness (QED) is 0.708. The van der Waals surface area contributed by atoms with Crippen LogP contribution in [0.4, 0.5) is 0 Å². The van der Waals surface area contributed by atoms with Crippen molar-refractivity contribution in [3.63, 3.8) is 0 Å². The van der Waals surface area contributed by atoms with Crippen LogP contribution in [0.2, 0.25) is 5.02 Å². The molecule has 5 heteroatoms. The second-order valence-corrected chi connectivity index (χ2v) is 4.92. The first-order chi connectivity index (χ1) is 8.02. The van der Waals surface area contributed by atoms with Gasteiger partial charge in [-0.25, -0.2) is 0 Å². The van der Waals surface area contributed by atoms with Crippen molar-refractivity contribution in [1.82, 2.24) is 4.90 Å². The van der Waals surface area contributed by atoms with E-state index in [1.165, 1.54) is 0 Å². The molecule has 1 aromatic rings.